The summed E-state index contributed by atoms with van der Waals surface area (Å²) in [6.45, 7) is 6.09. The van der Waals surface area contributed by atoms with Crippen molar-refractivity contribution in [1.82, 2.24) is 4.90 Å². The minimum absolute atomic E-state index is 0.153. The highest BCUT2D eigenvalue weighted by atomic mass is 16.5. The molecule has 0 bridgehead atoms. The number of aliphatic carboxylic acids is 1. The molecule has 0 amide bonds. The van der Waals surface area contributed by atoms with Crippen LogP contribution in [0.4, 0.5) is 0 Å². The Morgan fingerprint density at radius 3 is 2.35 bits per heavy atom. The number of aryl methyl sites for hydroxylation is 1. The molecule has 0 aliphatic heterocycles. The van der Waals surface area contributed by atoms with E-state index in [-0.39, 0.29) is 6.42 Å². The Hall–Kier alpha value is -1.75. The normalized spacial score (nSPS) is 10.7. The lowest BCUT2D eigenvalue weighted by Crippen LogP contribution is -2.26. The topological polar surface area (TPSA) is 59.0 Å². The van der Waals surface area contributed by atoms with E-state index in [1.165, 1.54) is 0 Å². The first-order chi connectivity index (χ1) is 9.51. The fourth-order valence-electron chi connectivity index (χ4n) is 2.04. The number of methoxy groups -OCH3 is 2. The molecule has 0 aromatic heterocycles. The van der Waals surface area contributed by atoms with Gasteiger partial charge in [0.25, 0.3) is 0 Å². The van der Waals surface area contributed by atoms with E-state index in [1.54, 1.807) is 14.2 Å². The summed E-state index contributed by atoms with van der Waals surface area (Å²) in [5.41, 5.74) is 2.23. The summed E-state index contributed by atoms with van der Waals surface area (Å²) in [6, 6.07) is 3.90. The number of rotatable bonds is 8. The van der Waals surface area contributed by atoms with Gasteiger partial charge in [-0.15, -0.1) is 0 Å². The highest BCUT2D eigenvalue weighted by molar-refractivity contribution is 5.66. The van der Waals surface area contributed by atoms with Gasteiger partial charge in [-0.25, -0.2) is 0 Å². The molecule has 0 aliphatic carbocycles. The highest BCUT2D eigenvalue weighted by Gasteiger charge is 2.12. The zero-order chi connectivity index (χ0) is 15.1. The molecule has 112 valence electrons. The van der Waals surface area contributed by atoms with Gasteiger partial charge >= 0.3 is 5.97 Å². The van der Waals surface area contributed by atoms with E-state index in [9.17, 15) is 4.79 Å². The largest absolute Gasteiger partial charge is 0.493 e. The summed E-state index contributed by atoms with van der Waals surface area (Å²) < 4.78 is 10.6. The van der Waals surface area contributed by atoms with Crippen LogP contribution in [0.3, 0.4) is 0 Å². The second-order valence-electron chi connectivity index (χ2n) is 4.65. The molecule has 20 heavy (non-hydrogen) atoms. The van der Waals surface area contributed by atoms with Crippen molar-refractivity contribution in [3.63, 3.8) is 0 Å². The molecule has 0 aliphatic rings. The Morgan fingerprint density at radius 1 is 1.25 bits per heavy atom. The molecule has 1 N–H and O–H groups in total. The summed E-state index contributed by atoms with van der Waals surface area (Å²) in [5, 5.41) is 8.77. The summed E-state index contributed by atoms with van der Waals surface area (Å²) in [7, 11) is 3.22. The molecule has 1 aromatic carbocycles. The van der Waals surface area contributed by atoms with Crippen LogP contribution < -0.4 is 9.47 Å². The second-order valence-corrected chi connectivity index (χ2v) is 4.65. The van der Waals surface area contributed by atoms with Crippen molar-refractivity contribution in [2.24, 2.45) is 0 Å². The Balaban J connectivity index is 2.86. The molecule has 0 saturated heterocycles. The van der Waals surface area contributed by atoms with E-state index in [0.29, 0.717) is 24.6 Å². The van der Waals surface area contributed by atoms with Crippen molar-refractivity contribution in [3.8, 4) is 11.5 Å². The number of benzene rings is 1. The van der Waals surface area contributed by atoms with Gasteiger partial charge in [-0.2, -0.15) is 0 Å². The molecule has 0 heterocycles. The third-order valence-corrected chi connectivity index (χ3v) is 3.33. The monoisotopic (exact) mass is 281 g/mol. The summed E-state index contributed by atoms with van der Waals surface area (Å²) >= 11 is 0. The van der Waals surface area contributed by atoms with Crippen LogP contribution in [0.2, 0.25) is 0 Å². The molecule has 1 aromatic rings. The maximum atomic E-state index is 10.7. The van der Waals surface area contributed by atoms with Gasteiger partial charge < -0.3 is 14.6 Å². The summed E-state index contributed by atoms with van der Waals surface area (Å²) in [5.74, 6) is 0.636. The van der Waals surface area contributed by atoms with Gasteiger partial charge in [0.05, 0.1) is 20.6 Å². The van der Waals surface area contributed by atoms with Gasteiger partial charge in [0.15, 0.2) is 11.5 Å². The molecule has 5 heteroatoms. The van der Waals surface area contributed by atoms with Gasteiger partial charge in [-0.1, -0.05) is 6.92 Å². The van der Waals surface area contributed by atoms with Crippen LogP contribution in [0.5, 0.6) is 11.5 Å². The van der Waals surface area contributed by atoms with E-state index >= 15 is 0 Å². The summed E-state index contributed by atoms with van der Waals surface area (Å²) in [4.78, 5) is 12.8. The van der Waals surface area contributed by atoms with E-state index < -0.39 is 5.97 Å². The fraction of sp³-hybridized carbons (Fsp3) is 0.533. The van der Waals surface area contributed by atoms with Crippen molar-refractivity contribution in [1.29, 1.82) is 0 Å². The number of hydrogen-bond acceptors (Lipinski definition) is 4. The average Bonchev–Trinajstić information content (AvgIpc) is 2.44. The SMILES string of the molecule is CCN(CCC(=O)O)Cc1cc(OC)c(OC)cc1C. The number of carboxylic acid groups (broad SMARTS) is 1. The van der Waals surface area contributed by atoms with Crippen molar-refractivity contribution < 1.29 is 19.4 Å². The smallest absolute Gasteiger partial charge is 0.304 e. The van der Waals surface area contributed by atoms with Gasteiger partial charge in [0.2, 0.25) is 0 Å². The Morgan fingerprint density at radius 2 is 1.85 bits per heavy atom. The number of carboxylic acids is 1. The minimum atomic E-state index is -0.771. The second kappa shape index (κ2) is 7.75. The van der Waals surface area contributed by atoms with Crippen LogP contribution >= 0.6 is 0 Å². The van der Waals surface area contributed by atoms with Crippen LogP contribution in [-0.2, 0) is 11.3 Å². The molecule has 0 saturated carbocycles. The molecule has 0 fully saturated rings. The predicted molar refractivity (Wildman–Crippen MR) is 77.5 cm³/mol. The standard InChI is InChI=1S/C15H23NO4/c1-5-16(7-6-15(17)18)10-12-9-14(20-4)13(19-3)8-11(12)2/h8-9H,5-7,10H2,1-4H3,(H,17,18). The third kappa shape index (κ3) is 4.42. The van der Waals surface area contributed by atoms with Gasteiger partial charge in [-0.3, -0.25) is 9.69 Å². The van der Waals surface area contributed by atoms with Crippen LogP contribution in [0.1, 0.15) is 24.5 Å². The number of carbonyl (C=O) groups is 1. The zero-order valence-electron chi connectivity index (χ0n) is 12.6. The molecule has 0 radical (unpaired) electrons. The van der Waals surface area contributed by atoms with E-state index in [4.69, 9.17) is 14.6 Å². The Kier molecular flexibility index (Phi) is 6.31. The average molecular weight is 281 g/mol. The van der Waals surface area contributed by atoms with Crippen molar-refractivity contribution in [3.05, 3.63) is 23.3 Å². The lowest BCUT2D eigenvalue weighted by atomic mass is 10.1. The molecule has 1 rings (SSSR count). The van der Waals surface area contributed by atoms with Crippen molar-refractivity contribution in [2.75, 3.05) is 27.3 Å². The molecule has 5 nitrogen and oxygen atoms in total. The maximum Gasteiger partial charge on any atom is 0.304 e. The molecule has 0 spiro atoms. The minimum Gasteiger partial charge on any atom is -0.493 e. The lowest BCUT2D eigenvalue weighted by molar-refractivity contribution is -0.137. The van der Waals surface area contributed by atoms with Crippen molar-refractivity contribution in [2.45, 2.75) is 26.8 Å². The molecular weight excluding hydrogens is 258 g/mol. The number of nitrogens with zero attached hydrogens (tertiary/aromatic N) is 1. The van der Waals surface area contributed by atoms with E-state index in [2.05, 4.69) is 4.90 Å². The van der Waals surface area contributed by atoms with Gasteiger partial charge in [0, 0.05) is 13.1 Å². The molecular formula is C15H23NO4. The van der Waals surface area contributed by atoms with Gasteiger partial charge in [-0.05, 0) is 36.7 Å². The van der Waals surface area contributed by atoms with Crippen LogP contribution in [-0.4, -0.2) is 43.3 Å². The Bertz CT molecular complexity index is 459. The Labute approximate surface area is 120 Å². The summed E-state index contributed by atoms with van der Waals surface area (Å²) in [6.07, 6.45) is 0.153. The fourth-order valence-corrected chi connectivity index (χ4v) is 2.04. The van der Waals surface area contributed by atoms with E-state index in [0.717, 1.165) is 17.7 Å². The first kappa shape index (κ1) is 16.3. The number of ether oxygens (including phenoxy) is 2. The number of hydrogen-bond donors (Lipinski definition) is 1. The van der Waals surface area contributed by atoms with Crippen LogP contribution in [0.25, 0.3) is 0 Å². The zero-order valence-corrected chi connectivity index (χ0v) is 12.6. The molecule has 0 atom stereocenters. The third-order valence-electron chi connectivity index (χ3n) is 3.33. The predicted octanol–water partition coefficient (Wildman–Crippen LogP) is 2.31. The van der Waals surface area contributed by atoms with Gasteiger partial charge in [0.1, 0.15) is 0 Å². The molecule has 0 unspecified atom stereocenters. The first-order valence-corrected chi connectivity index (χ1v) is 6.67. The van der Waals surface area contributed by atoms with Crippen LogP contribution in [0, 0.1) is 6.92 Å². The van der Waals surface area contributed by atoms with Crippen molar-refractivity contribution >= 4 is 5.97 Å². The van der Waals surface area contributed by atoms with E-state index in [1.807, 2.05) is 26.0 Å². The maximum absolute atomic E-state index is 10.7. The lowest BCUT2D eigenvalue weighted by Gasteiger charge is -2.21. The quantitative estimate of drug-likeness (QED) is 0.792. The van der Waals surface area contributed by atoms with Crippen LogP contribution in [0.15, 0.2) is 12.1 Å². The first-order valence-electron chi connectivity index (χ1n) is 6.67. The highest BCUT2D eigenvalue weighted by Crippen LogP contribution is 2.30.